The van der Waals surface area contributed by atoms with Gasteiger partial charge in [-0.3, -0.25) is 4.79 Å². The molecule has 1 aliphatic carbocycles. The van der Waals surface area contributed by atoms with Crippen LogP contribution in [0.1, 0.15) is 28.9 Å². The standard InChI is InChI=1S/C21H22FN3O/c1-14-2-9-20-24-18-8-5-16(12-19(18)25(20)13-14)21(26)23-11-10-15-3-6-17(22)7-4-15/h2-4,6-7,9,13,16H,5,8,10-12H2,1H3,(H,23,26). The van der Waals surface area contributed by atoms with Gasteiger partial charge in [-0.1, -0.05) is 18.2 Å². The molecule has 1 amide bonds. The number of fused-ring (bicyclic) bond motifs is 3. The molecule has 4 rings (SSSR count). The van der Waals surface area contributed by atoms with Gasteiger partial charge in [-0.2, -0.15) is 0 Å². The van der Waals surface area contributed by atoms with Crippen molar-refractivity contribution in [3.63, 3.8) is 0 Å². The number of imidazole rings is 1. The number of rotatable bonds is 4. The summed E-state index contributed by atoms with van der Waals surface area (Å²) in [6, 6.07) is 10.5. The molecule has 4 nitrogen and oxygen atoms in total. The van der Waals surface area contributed by atoms with Gasteiger partial charge in [-0.25, -0.2) is 9.37 Å². The molecule has 1 unspecified atom stereocenters. The number of hydrogen-bond donors (Lipinski definition) is 1. The van der Waals surface area contributed by atoms with Gasteiger partial charge in [0, 0.05) is 30.8 Å². The first-order chi connectivity index (χ1) is 12.6. The molecule has 1 atom stereocenters. The molecule has 0 aliphatic heterocycles. The normalized spacial score (nSPS) is 16.5. The first-order valence-corrected chi connectivity index (χ1v) is 9.09. The maximum atomic E-state index is 12.9. The molecule has 5 heteroatoms. The molecular weight excluding hydrogens is 329 g/mol. The van der Waals surface area contributed by atoms with Gasteiger partial charge >= 0.3 is 0 Å². The Hall–Kier alpha value is -2.69. The first-order valence-electron chi connectivity index (χ1n) is 9.09. The van der Waals surface area contributed by atoms with E-state index in [-0.39, 0.29) is 17.6 Å². The van der Waals surface area contributed by atoms with Gasteiger partial charge in [0.1, 0.15) is 11.5 Å². The molecule has 1 aliphatic rings. The second kappa shape index (κ2) is 6.90. The Balaban J connectivity index is 1.40. The number of pyridine rings is 1. The van der Waals surface area contributed by atoms with E-state index in [9.17, 15) is 9.18 Å². The number of nitrogens with zero attached hydrogens (tertiary/aromatic N) is 2. The zero-order chi connectivity index (χ0) is 18.1. The number of amides is 1. The number of aryl methyl sites for hydroxylation is 2. The zero-order valence-electron chi connectivity index (χ0n) is 14.8. The van der Waals surface area contributed by atoms with Crippen molar-refractivity contribution in [2.45, 2.75) is 32.6 Å². The van der Waals surface area contributed by atoms with E-state index in [1.165, 1.54) is 17.7 Å². The summed E-state index contributed by atoms with van der Waals surface area (Å²) in [4.78, 5) is 17.3. The van der Waals surface area contributed by atoms with Crippen LogP contribution in [0.15, 0.2) is 42.6 Å². The van der Waals surface area contributed by atoms with Crippen LogP contribution in [0, 0.1) is 18.7 Å². The summed E-state index contributed by atoms with van der Waals surface area (Å²) >= 11 is 0. The average molecular weight is 351 g/mol. The molecule has 1 aromatic carbocycles. The van der Waals surface area contributed by atoms with E-state index in [1.807, 2.05) is 6.07 Å². The largest absolute Gasteiger partial charge is 0.356 e. The third-order valence-corrected chi connectivity index (χ3v) is 5.11. The van der Waals surface area contributed by atoms with E-state index in [1.54, 1.807) is 12.1 Å². The Morgan fingerprint density at radius 1 is 1.27 bits per heavy atom. The topological polar surface area (TPSA) is 46.4 Å². The maximum absolute atomic E-state index is 12.9. The van der Waals surface area contributed by atoms with Gasteiger partial charge in [-0.15, -0.1) is 0 Å². The SMILES string of the molecule is Cc1ccc2nc3c(n2c1)CC(C(=O)NCCc1ccc(F)cc1)CC3. The van der Waals surface area contributed by atoms with Crippen LogP contribution in [0.3, 0.4) is 0 Å². The van der Waals surface area contributed by atoms with Crippen LogP contribution < -0.4 is 5.32 Å². The van der Waals surface area contributed by atoms with Crippen molar-refractivity contribution in [3.05, 3.63) is 70.9 Å². The summed E-state index contributed by atoms with van der Waals surface area (Å²) < 4.78 is 15.1. The molecule has 0 spiro atoms. The number of carbonyl (C=O) groups is 1. The smallest absolute Gasteiger partial charge is 0.223 e. The molecule has 0 saturated carbocycles. The van der Waals surface area contributed by atoms with Crippen molar-refractivity contribution >= 4 is 11.6 Å². The lowest BCUT2D eigenvalue weighted by molar-refractivity contribution is -0.125. The van der Waals surface area contributed by atoms with E-state index in [0.717, 1.165) is 41.9 Å². The fourth-order valence-corrected chi connectivity index (χ4v) is 3.66. The number of hydrogen-bond acceptors (Lipinski definition) is 2. The molecule has 134 valence electrons. The van der Waals surface area contributed by atoms with Crippen LogP contribution in [0.4, 0.5) is 4.39 Å². The highest BCUT2D eigenvalue weighted by Crippen LogP contribution is 2.26. The van der Waals surface area contributed by atoms with Gasteiger partial charge < -0.3 is 9.72 Å². The maximum Gasteiger partial charge on any atom is 0.223 e. The number of aromatic nitrogens is 2. The minimum Gasteiger partial charge on any atom is -0.356 e. The molecule has 26 heavy (non-hydrogen) atoms. The van der Waals surface area contributed by atoms with Crippen molar-refractivity contribution in [2.24, 2.45) is 5.92 Å². The summed E-state index contributed by atoms with van der Waals surface area (Å²) in [5, 5.41) is 3.04. The monoisotopic (exact) mass is 351 g/mol. The summed E-state index contributed by atoms with van der Waals surface area (Å²) in [5.41, 5.74) is 5.44. The van der Waals surface area contributed by atoms with Crippen LogP contribution in [0.5, 0.6) is 0 Å². The van der Waals surface area contributed by atoms with Crippen LogP contribution in [0.25, 0.3) is 5.65 Å². The predicted octanol–water partition coefficient (Wildman–Crippen LogP) is 3.25. The molecule has 0 bridgehead atoms. The molecule has 1 N–H and O–H groups in total. The highest BCUT2D eigenvalue weighted by molar-refractivity contribution is 5.79. The second-order valence-corrected chi connectivity index (χ2v) is 7.05. The molecule has 2 aromatic heterocycles. The van der Waals surface area contributed by atoms with Gasteiger partial charge in [-0.05, 0) is 55.5 Å². The highest BCUT2D eigenvalue weighted by Gasteiger charge is 2.27. The van der Waals surface area contributed by atoms with Gasteiger partial charge in [0.25, 0.3) is 0 Å². The van der Waals surface area contributed by atoms with Crippen LogP contribution in [-0.2, 0) is 24.1 Å². The first kappa shape index (κ1) is 16.8. The van der Waals surface area contributed by atoms with E-state index in [2.05, 4.69) is 28.9 Å². The van der Waals surface area contributed by atoms with Gasteiger partial charge in [0.2, 0.25) is 5.91 Å². The molecule has 0 radical (unpaired) electrons. The van der Waals surface area contributed by atoms with Crippen molar-refractivity contribution < 1.29 is 9.18 Å². The number of halogens is 1. The average Bonchev–Trinajstić information content (AvgIpc) is 3.00. The number of nitrogens with one attached hydrogen (secondary N) is 1. The number of carbonyl (C=O) groups excluding carboxylic acids is 1. The lowest BCUT2D eigenvalue weighted by Crippen LogP contribution is -2.35. The van der Waals surface area contributed by atoms with Crippen LogP contribution >= 0.6 is 0 Å². The summed E-state index contributed by atoms with van der Waals surface area (Å²) in [7, 11) is 0. The molecule has 2 heterocycles. The Bertz CT molecular complexity index is 946. The van der Waals surface area contributed by atoms with E-state index in [4.69, 9.17) is 4.98 Å². The van der Waals surface area contributed by atoms with Crippen molar-refractivity contribution in [1.29, 1.82) is 0 Å². The van der Waals surface area contributed by atoms with Crippen molar-refractivity contribution in [1.82, 2.24) is 14.7 Å². The fraction of sp³-hybridized carbons (Fsp3) is 0.333. The van der Waals surface area contributed by atoms with E-state index < -0.39 is 0 Å². The molecular formula is C21H22FN3O. The Kier molecular flexibility index (Phi) is 4.45. The molecule has 0 fully saturated rings. The molecule has 0 saturated heterocycles. The lowest BCUT2D eigenvalue weighted by Gasteiger charge is -2.21. The molecule has 3 aromatic rings. The third-order valence-electron chi connectivity index (χ3n) is 5.11. The van der Waals surface area contributed by atoms with Gasteiger partial charge in [0.15, 0.2) is 0 Å². The van der Waals surface area contributed by atoms with E-state index in [0.29, 0.717) is 13.0 Å². The van der Waals surface area contributed by atoms with Crippen LogP contribution in [0.2, 0.25) is 0 Å². The van der Waals surface area contributed by atoms with Gasteiger partial charge in [0.05, 0.1) is 5.69 Å². The summed E-state index contributed by atoms with van der Waals surface area (Å²) in [6.45, 7) is 2.63. The van der Waals surface area contributed by atoms with Crippen LogP contribution in [-0.4, -0.2) is 21.8 Å². The third kappa shape index (κ3) is 3.34. The fourth-order valence-electron chi connectivity index (χ4n) is 3.66. The lowest BCUT2D eigenvalue weighted by atomic mass is 9.89. The summed E-state index contributed by atoms with van der Waals surface area (Å²) in [6.07, 6.45) is 5.20. The quantitative estimate of drug-likeness (QED) is 0.784. The van der Waals surface area contributed by atoms with Crippen molar-refractivity contribution in [3.8, 4) is 0 Å². The minimum absolute atomic E-state index is 0.0175. The van der Waals surface area contributed by atoms with E-state index >= 15 is 0 Å². The summed E-state index contributed by atoms with van der Waals surface area (Å²) in [5.74, 6) is -0.157. The Labute approximate surface area is 152 Å². The second-order valence-electron chi connectivity index (χ2n) is 7.05. The minimum atomic E-state index is -0.237. The number of benzene rings is 1. The Morgan fingerprint density at radius 2 is 2.08 bits per heavy atom. The van der Waals surface area contributed by atoms with Crippen molar-refractivity contribution in [2.75, 3.05) is 6.54 Å². The zero-order valence-corrected chi connectivity index (χ0v) is 14.8. The predicted molar refractivity (Wildman–Crippen MR) is 98.6 cm³/mol. The Morgan fingerprint density at radius 3 is 2.88 bits per heavy atom. The highest BCUT2D eigenvalue weighted by atomic mass is 19.1.